The molecule has 2 rings (SSSR count). The molecule has 2 N–H and O–H groups in total. The summed E-state index contributed by atoms with van der Waals surface area (Å²) in [4.78, 5) is 0. The van der Waals surface area contributed by atoms with Gasteiger partial charge in [-0.05, 0) is 24.1 Å². The summed E-state index contributed by atoms with van der Waals surface area (Å²) >= 11 is 13.7. The van der Waals surface area contributed by atoms with Crippen molar-refractivity contribution >= 4 is 35.0 Å². The van der Waals surface area contributed by atoms with Crippen molar-refractivity contribution in [3.63, 3.8) is 0 Å². The first-order valence-corrected chi connectivity index (χ1v) is 7.47. The van der Waals surface area contributed by atoms with Crippen LogP contribution in [0, 0.1) is 0 Å². The van der Waals surface area contributed by atoms with Crippen LogP contribution >= 0.6 is 35.0 Å². The van der Waals surface area contributed by atoms with Crippen LogP contribution in [-0.4, -0.2) is 30.3 Å². The molecular formula is C12H15Cl2NOS. The first-order valence-electron chi connectivity index (χ1n) is 5.55. The lowest BCUT2D eigenvalue weighted by atomic mass is 10.0. The third-order valence-corrected chi connectivity index (χ3v) is 4.53. The maximum absolute atomic E-state index is 6.15. The predicted molar refractivity (Wildman–Crippen MR) is 75.2 cm³/mol. The van der Waals surface area contributed by atoms with Crippen LogP contribution < -0.4 is 5.73 Å². The Morgan fingerprint density at radius 3 is 2.88 bits per heavy atom. The fourth-order valence-corrected chi connectivity index (χ4v) is 3.10. The Bertz CT molecular complexity index is 383. The minimum Gasteiger partial charge on any atom is -0.375 e. The summed E-state index contributed by atoms with van der Waals surface area (Å²) in [5.74, 6) is 2.04. The molecule has 0 aliphatic carbocycles. The molecule has 1 aromatic rings. The number of halogens is 2. The molecule has 1 heterocycles. The van der Waals surface area contributed by atoms with Gasteiger partial charge in [-0.1, -0.05) is 29.3 Å². The van der Waals surface area contributed by atoms with E-state index >= 15 is 0 Å². The summed E-state index contributed by atoms with van der Waals surface area (Å²) < 4.78 is 5.66. The zero-order valence-electron chi connectivity index (χ0n) is 9.36. The highest BCUT2D eigenvalue weighted by Crippen LogP contribution is 2.24. The highest BCUT2D eigenvalue weighted by Gasteiger charge is 2.21. The molecular weight excluding hydrogens is 277 g/mol. The van der Waals surface area contributed by atoms with Gasteiger partial charge in [-0.3, -0.25) is 0 Å². The number of rotatable bonds is 3. The molecule has 94 valence electrons. The van der Waals surface area contributed by atoms with Gasteiger partial charge in [-0.15, -0.1) is 0 Å². The topological polar surface area (TPSA) is 35.2 Å². The molecule has 5 heteroatoms. The van der Waals surface area contributed by atoms with Gasteiger partial charge in [0, 0.05) is 17.5 Å². The molecule has 2 atom stereocenters. The molecule has 0 saturated carbocycles. The van der Waals surface area contributed by atoms with Crippen LogP contribution in [0.3, 0.4) is 0 Å². The molecule has 1 aliphatic heterocycles. The van der Waals surface area contributed by atoms with Gasteiger partial charge in [0.05, 0.1) is 22.8 Å². The van der Waals surface area contributed by atoms with Crippen LogP contribution in [0.25, 0.3) is 0 Å². The van der Waals surface area contributed by atoms with E-state index in [1.807, 2.05) is 30.0 Å². The summed E-state index contributed by atoms with van der Waals surface area (Å²) in [7, 11) is 0. The molecule has 1 fully saturated rings. The average Bonchev–Trinajstić information content (AvgIpc) is 2.35. The largest absolute Gasteiger partial charge is 0.375 e. The molecule has 0 aromatic heterocycles. The van der Waals surface area contributed by atoms with Gasteiger partial charge in [0.25, 0.3) is 0 Å². The first kappa shape index (κ1) is 13.5. The van der Waals surface area contributed by atoms with Crippen LogP contribution in [-0.2, 0) is 11.2 Å². The highest BCUT2D eigenvalue weighted by atomic mass is 35.5. The monoisotopic (exact) mass is 291 g/mol. The number of hydrogen-bond donors (Lipinski definition) is 1. The van der Waals surface area contributed by atoms with Crippen molar-refractivity contribution in [2.24, 2.45) is 5.73 Å². The lowest BCUT2D eigenvalue weighted by Crippen LogP contribution is -2.42. The molecule has 17 heavy (non-hydrogen) atoms. The third kappa shape index (κ3) is 3.76. The lowest BCUT2D eigenvalue weighted by molar-refractivity contribution is 0.0572. The van der Waals surface area contributed by atoms with Crippen LogP contribution in [0.1, 0.15) is 5.56 Å². The Morgan fingerprint density at radius 2 is 2.24 bits per heavy atom. The smallest absolute Gasteiger partial charge is 0.0819 e. The predicted octanol–water partition coefficient (Wildman–Crippen LogP) is 3.00. The standard InChI is InChI=1S/C12H15Cl2NOS/c13-9-2-1-8(5-10(9)14)6-11(15)12-7-17-4-3-16-12/h1-2,5,11-12H,3-4,6-7,15H2. The molecule has 1 aliphatic rings. The van der Waals surface area contributed by atoms with Crippen LogP contribution in [0.15, 0.2) is 18.2 Å². The summed E-state index contributed by atoms with van der Waals surface area (Å²) in [5, 5.41) is 1.16. The zero-order chi connectivity index (χ0) is 12.3. The van der Waals surface area contributed by atoms with Gasteiger partial charge >= 0.3 is 0 Å². The minimum atomic E-state index is 0.0139. The van der Waals surface area contributed by atoms with Crippen molar-refractivity contribution in [2.75, 3.05) is 18.1 Å². The number of thioether (sulfide) groups is 1. The first-order chi connectivity index (χ1) is 8.16. The molecule has 0 amide bonds. The van der Waals surface area contributed by atoms with E-state index < -0.39 is 0 Å². The lowest BCUT2D eigenvalue weighted by Gasteiger charge is -2.27. The zero-order valence-corrected chi connectivity index (χ0v) is 11.7. The molecule has 1 saturated heterocycles. The van der Waals surface area contributed by atoms with Crippen molar-refractivity contribution in [3.05, 3.63) is 33.8 Å². The van der Waals surface area contributed by atoms with Crippen molar-refractivity contribution in [3.8, 4) is 0 Å². The van der Waals surface area contributed by atoms with E-state index in [2.05, 4.69) is 0 Å². The van der Waals surface area contributed by atoms with Gasteiger partial charge in [0.1, 0.15) is 0 Å². The molecule has 0 bridgehead atoms. The summed E-state index contributed by atoms with van der Waals surface area (Å²) in [5.41, 5.74) is 7.26. The maximum atomic E-state index is 6.15. The molecule has 2 nitrogen and oxygen atoms in total. The number of hydrogen-bond acceptors (Lipinski definition) is 3. The van der Waals surface area contributed by atoms with Crippen molar-refractivity contribution in [1.29, 1.82) is 0 Å². The third-order valence-electron chi connectivity index (χ3n) is 2.77. The Hall–Kier alpha value is 0.0700. The summed E-state index contributed by atoms with van der Waals surface area (Å²) in [6, 6.07) is 5.66. The summed E-state index contributed by atoms with van der Waals surface area (Å²) in [6.07, 6.45) is 0.908. The molecule has 0 spiro atoms. The normalized spacial score (nSPS) is 22.4. The van der Waals surface area contributed by atoms with Gasteiger partial charge < -0.3 is 10.5 Å². The second-order valence-corrected chi connectivity index (χ2v) is 6.06. The van der Waals surface area contributed by atoms with Crippen molar-refractivity contribution in [2.45, 2.75) is 18.6 Å². The van der Waals surface area contributed by atoms with Crippen LogP contribution in [0.2, 0.25) is 10.0 Å². The van der Waals surface area contributed by atoms with E-state index in [4.69, 9.17) is 33.7 Å². The molecule has 0 radical (unpaired) electrons. The van der Waals surface area contributed by atoms with Gasteiger partial charge in [0.2, 0.25) is 0 Å². The Kier molecular flexibility index (Phi) is 5.00. The van der Waals surface area contributed by atoms with Crippen molar-refractivity contribution in [1.82, 2.24) is 0 Å². The van der Waals surface area contributed by atoms with Gasteiger partial charge in [0.15, 0.2) is 0 Å². The fraction of sp³-hybridized carbons (Fsp3) is 0.500. The Balaban J connectivity index is 1.96. The molecule has 2 unspecified atom stereocenters. The second kappa shape index (κ2) is 6.30. The van der Waals surface area contributed by atoms with Crippen molar-refractivity contribution < 1.29 is 4.74 Å². The number of benzene rings is 1. The van der Waals surface area contributed by atoms with E-state index in [0.29, 0.717) is 10.0 Å². The fourth-order valence-electron chi connectivity index (χ4n) is 1.82. The number of nitrogens with two attached hydrogens (primary N) is 1. The second-order valence-electron chi connectivity index (χ2n) is 4.10. The van der Waals surface area contributed by atoms with E-state index in [0.717, 1.165) is 30.1 Å². The Labute approximate surface area is 116 Å². The maximum Gasteiger partial charge on any atom is 0.0819 e. The highest BCUT2D eigenvalue weighted by molar-refractivity contribution is 7.99. The van der Waals surface area contributed by atoms with E-state index in [1.54, 1.807) is 0 Å². The molecule has 1 aromatic carbocycles. The average molecular weight is 292 g/mol. The quantitative estimate of drug-likeness (QED) is 0.930. The van der Waals surface area contributed by atoms with Gasteiger partial charge in [-0.2, -0.15) is 11.8 Å². The van der Waals surface area contributed by atoms with Crippen LogP contribution in [0.5, 0.6) is 0 Å². The van der Waals surface area contributed by atoms with E-state index in [-0.39, 0.29) is 12.1 Å². The number of ether oxygens (including phenoxy) is 1. The van der Waals surface area contributed by atoms with Gasteiger partial charge in [-0.25, -0.2) is 0 Å². The van der Waals surface area contributed by atoms with E-state index in [9.17, 15) is 0 Å². The minimum absolute atomic E-state index is 0.0139. The summed E-state index contributed by atoms with van der Waals surface area (Å²) in [6.45, 7) is 0.796. The van der Waals surface area contributed by atoms with E-state index in [1.165, 1.54) is 0 Å². The van der Waals surface area contributed by atoms with Crippen LogP contribution in [0.4, 0.5) is 0 Å². The SMILES string of the molecule is NC(Cc1ccc(Cl)c(Cl)c1)C1CSCCO1. The Morgan fingerprint density at radius 1 is 1.41 bits per heavy atom.